The van der Waals surface area contributed by atoms with E-state index in [0.717, 1.165) is 35.8 Å². The van der Waals surface area contributed by atoms with Crippen molar-refractivity contribution in [2.24, 2.45) is 4.99 Å². The molecule has 1 aliphatic rings. The minimum Gasteiger partial charge on any atom is -0.269 e. The van der Waals surface area contributed by atoms with E-state index in [9.17, 15) is 4.39 Å². The first-order chi connectivity index (χ1) is 9.67. The topological polar surface area (TPSA) is 12.4 Å². The SMILES string of the molecule is C=N/C=C(F)\C=C1\C=C(C#Cc2cccc(C)c2)CC1. The molecule has 0 saturated carbocycles. The fourth-order valence-electron chi connectivity index (χ4n) is 2.04. The van der Waals surface area contributed by atoms with E-state index in [0.29, 0.717) is 0 Å². The molecule has 0 amide bonds. The molecule has 0 saturated heterocycles. The second kappa shape index (κ2) is 6.68. The Balaban J connectivity index is 2.13. The third-order valence-electron chi connectivity index (χ3n) is 2.97. The van der Waals surface area contributed by atoms with Crippen LogP contribution in [0.25, 0.3) is 0 Å². The minimum atomic E-state index is -0.376. The standard InChI is InChI=1S/C18H16FN/c1-14-4-3-5-15(10-14)6-7-16-8-9-17(11-16)12-18(19)13-20-2/h3-5,10-13H,2,8-9H2,1H3/b17-12+,18-13+. The number of aliphatic imine (C=N–C) groups is 1. The van der Waals surface area contributed by atoms with Gasteiger partial charge in [-0.05, 0) is 61.9 Å². The number of allylic oxidation sites excluding steroid dienone is 5. The summed E-state index contributed by atoms with van der Waals surface area (Å²) in [5.41, 5.74) is 4.18. The molecule has 0 spiro atoms. The van der Waals surface area contributed by atoms with Gasteiger partial charge in [0.15, 0.2) is 0 Å². The van der Waals surface area contributed by atoms with Gasteiger partial charge in [0.2, 0.25) is 0 Å². The van der Waals surface area contributed by atoms with Crippen molar-refractivity contribution < 1.29 is 4.39 Å². The van der Waals surface area contributed by atoms with Gasteiger partial charge in [-0.2, -0.15) is 0 Å². The maximum Gasteiger partial charge on any atom is 0.141 e. The third-order valence-corrected chi connectivity index (χ3v) is 2.97. The van der Waals surface area contributed by atoms with E-state index in [2.05, 4.69) is 29.6 Å². The van der Waals surface area contributed by atoms with Gasteiger partial charge in [-0.1, -0.05) is 24.0 Å². The number of halogens is 1. The van der Waals surface area contributed by atoms with Crippen LogP contribution in [0.5, 0.6) is 0 Å². The molecule has 0 radical (unpaired) electrons. The van der Waals surface area contributed by atoms with Crippen LogP contribution in [0.15, 0.2) is 64.6 Å². The highest BCUT2D eigenvalue weighted by Gasteiger charge is 2.07. The molecule has 100 valence electrons. The van der Waals surface area contributed by atoms with Crippen LogP contribution in [0, 0.1) is 18.8 Å². The maximum atomic E-state index is 13.3. The van der Waals surface area contributed by atoms with Crippen molar-refractivity contribution in [2.75, 3.05) is 0 Å². The van der Waals surface area contributed by atoms with Gasteiger partial charge in [-0.15, -0.1) is 0 Å². The van der Waals surface area contributed by atoms with Crippen molar-refractivity contribution in [1.29, 1.82) is 0 Å². The zero-order chi connectivity index (χ0) is 14.4. The first-order valence-corrected chi connectivity index (χ1v) is 6.49. The molecule has 1 aromatic rings. The van der Waals surface area contributed by atoms with Gasteiger partial charge in [-0.3, -0.25) is 4.99 Å². The summed E-state index contributed by atoms with van der Waals surface area (Å²) in [6, 6.07) is 8.08. The molecule has 0 aliphatic heterocycles. The third kappa shape index (κ3) is 4.07. The molecular weight excluding hydrogens is 249 g/mol. The molecule has 0 N–H and O–H groups in total. The van der Waals surface area contributed by atoms with Crippen LogP contribution >= 0.6 is 0 Å². The number of benzene rings is 1. The summed E-state index contributed by atoms with van der Waals surface area (Å²) in [6.45, 7) is 5.27. The molecule has 0 bridgehead atoms. The second-order valence-corrected chi connectivity index (χ2v) is 4.70. The molecule has 0 aromatic heterocycles. The van der Waals surface area contributed by atoms with E-state index >= 15 is 0 Å². The van der Waals surface area contributed by atoms with Crippen molar-refractivity contribution >= 4 is 6.72 Å². The van der Waals surface area contributed by atoms with Crippen LogP contribution in [-0.2, 0) is 0 Å². The van der Waals surface area contributed by atoms with Gasteiger partial charge in [-0.25, -0.2) is 4.39 Å². The Morgan fingerprint density at radius 1 is 1.35 bits per heavy atom. The maximum absolute atomic E-state index is 13.3. The van der Waals surface area contributed by atoms with E-state index < -0.39 is 0 Å². The lowest BCUT2D eigenvalue weighted by atomic mass is 10.1. The molecule has 2 rings (SSSR count). The first kappa shape index (κ1) is 14.0. The Kier molecular flexibility index (Phi) is 4.68. The molecule has 2 heteroatoms. The molecular formula is C18H16FN. The summed E-state index contributed by atoms with van der Waals surface area (Å²) >= 11 is 0. The van der Waals surface area contributed by atoms with Crippen molar-refractivity contribution in [3.05, 3.63) is 70.7 Å². The van der Waals surface area contributed by atoms with E-state index in [1.165, 1.54) is 11.6 Å². The highest BCUT2D eigenvalue weighted by atomic mass is 19.1. The van der Waals surface area contributed by atoms with Crippen LogP contribution < -0.4 is 0 Å². The highest BCUT2D eigenvalue weighted by molar-refractivity contribution is 5.47. The predicted molar refractivity (Wildman–Crippen MR) is 82.2 cm³/mol. The first-order valence-electron chi connectivity index (χ1n) is 6.49. The second-order valence-electron chi connectivity index (χ2n) is 4.70. The van der Waals surface area contributed by atoms with Gasteiger partial charge < -0.3 is 0 Å². The Labute approximate surface area is 119 Å². The Morgan fingerprint density at radius 3 is 2.95 bits per heavy atom. The van der Waals surface area contributed by atoms with E-state index in [1.807, 2.05) is 31.2 Å². The lowest BCUT2D eigenvalue weighted by Crippen LogP contribution is -1.77. The van der Waals surface area contributed by atoms with Crippen molar-refractivity contribution in [3.8, 4) is 11.8 Å². The van der Waals surface area contributed by atoms with Crippen LogP contribution in [0.3, 0.4) is 0 Å². The van der Waals surface area contributed by atoms with Gasteiger partial charge in [0, 0.05) is 11.1 Å². The zero-order valence-corrected chi connectivity index (χ0v) is 11.5. The molecule has 1 aliphatic carbocycles. The summed E-state index contributed by atoms with van der Waals surface area (Å²) < 4.78 is 13.3. The van der Waals surface area contributed by atoms with Gasteiger partial charge in [0.05, 0.1) is 6.20 Å². The largest absolute Gasteiger partial charge is 0.269 e. The van der Waals surface area contributed by atoms with Crippen LogP contribution in [-0.4, -0.2) is 6.72 Å². The number of nitrogens with zero attached hydrogens (tertiary/aromatic N) is 1. The van der Waals surface area contributed by atoms with E-state index in [1.54, 1.807) is 0 Å². The average Bonchev–Trinajstić information content (AvgIpc) is 2.84. The molecule has 1 nitrogen and oxygen atoms in total. The minimum absolute atomic E-state index is 0.376. The smallest absolute Gasteiger partial charge is 0.141 e. The number of hydrogen-bond donors (Lipinski definition) is 0. The predicted octanol–water partition coefficient (Wildman–Crippen LogP) is 4.50. The summed E-state index contributed by atoms with van der Waals surface area (Å²) in [5.74, 6) is 5.92. The van der Waals surface area contributed by atoms with E-state index in [-0.39, 0.29) is 5.83 Å². The number of rotatable bonds is 2. The average molecular weight is 265 g/mol. The Morgan fingerprint density at radius 2 is 2.20 bits per heavy atom. The van der Waals surface area contributed by atoms with Crippen LogP contribution in [0.1, 0.15) is 24.0 Å². The van der Waals surface area contributed by atoms with Crippen LogP contribution in [0.2, 0.25) is 0 Å². The monoisotopic (exact) mass is 265 g/mol. The summed E-state index contributed by atoms with van der Waals surface area (Å²) in [5, 5.41) is 0. The molecule has 0 atom stereocenters. The molecule has 0 unspecified atom stereocenters. The molecule has 20 heavy (non-hydrogen) atoms. The van der Waals surface area contributed by atoms with Crippen LogP contribution in [0.4, 0.5) is 4.39 Å². The van der Waals surface area contributed by atoms with Gasteiger partial charge in [0.1, 0.15) is 5.83 Å². The lowest BCUT2D eigenvalue weighted by molar-refractivity contribution is 0.662. The fraction of sp³-hybridized carbons (Fsp3) is 0.167. The van der Waals surface area contributed by atoms with Gasteiger partial charge >= 0.3 is 0 Å². The van der Waals surface area contributed by atoms with Gasteiger partial charge in [0.25, 0.3) is 0 Å². The molecule has 1 aromatic carbocycles. The molecule has 0 fully saturated rings. The normalized spacial score (nSPS) is 16.6. The molecule has 0 heterocycles. The lowest BCUT2D eigenvalue weighted by Gasteiger charge is -1.92. The summed E-state index contributed by atoms with van der Waals surface area (Å²) in [4.78, 5) is 3.40. The Hall–Kier alpha value is -2.40. The highest BCUT2D eigenvalue weighted by Crippen LogP contribution is 2.24. The quantitative estimate of drug-likeness (QED) is 0.551. The van der Waals surface area contributed by atoms with Crippen molar-refractivity contribution in [1.82, 2.24) is 0 Å². The summed E-state index contributed by atoms with van der Waals surface area (Å²) in [7, 11) is 0. The number of hydrogen-bond acceptors (Lipinski definition) is 1. The number of aryl methyl sites for hydroxylation is 1. The zero-order valence-electron chi connectivity index (χ0n) is 11.5. The Bertz CT molecular complexity index is 666. The van der Waals surface area contributed by atoms with Crippen molar-refractivity contribution in [3.63, 3.8) is 0 Å². The van der Waals surface area contributed by atoms with Crippen molar-refractivity contribution in [2.45, 2.75) is 19.8 Å². The fourth-order valence-corrected chi connectivity index (χ4v) is 2.04. The van der Waals surface area contributed by atoms with E-state index in [4.69, 9.17) is 0 Å². The summed E-state index contributed by atoms with van der Waals surface area (Å²) in [6.07, 6.45) is 6.21.